The van der Waals surface area contributed by atoms with Crippen molar-refractivity contribution in [2.45, 2.75) is 0 Å². The van der Waals surface area contributed by atoms with Crippen LogP contribution in [0.25, 0.3) is 17.5 Å². The van der Waals surface area contributed by atoms with Crippen molar-refractivity contribution in [1.29, 1.82) is 0 Å². The zero-order valence-electron chi connectivity index (χ0n) is 8.72. The highest BCUT2D eigenvalue weighted by Gasteiger charge is 2.03. The van der Waals surface area contributed by atoms with E-state index in [1.165, 1.54) is 24.4 Å². The number of carboxylic acids is 1. The molecule has 86 valence electrons. The van der Waals surface area contributed by atoms with Gasteiger partial charge in [-0.25, -0.2) is 14.2 Å². The molecule has 2 N–H and O–H groups in total. The number of H-pyrrole nitrogens is 1. The lowest BCUT2D eigenvalue weighted by Gasteiger charge is -1.95. The van der Waals surface area contributed by atoms with E-state index in [1.807, 2.05) is 0 Å². The molecule has 0 radical (unpaired) electrons. The third-order valence-electron chi connectivity index (χ3n) is 2.10. The van der Waals surface area contributed by atoms with Crippen LogP contribution in [0.15, 0.2) is 36.5 Å². The molecule has 2 rings (SSSR count). The fourth-order valence-corrected chi connectivity index (χ4v) is 1.36. The number of imidazole rings is 1. The van der Waals surface area contributed by atoms with Crippen LogP contribution in [0, 0.1) is 5.82 Å². The summed E-state index contributed by atoms with van der Waals surface area (Å²) in [4.78, 5) is 17.2. The fourth-order valence-electron chi connectivity index (χ4n) is 1.36. The first-order valence-electron chi connectivity index (χ1n) is 4.87. The third kappa shape index (κ3) is 2.78. The molecule has 0 fully saturated rings. The third-order valence-corrected chi connectivity index (χ3v) is 2.10. The summed E-state index contributed by atoms with van der Waals surface area (Å²) in [6, 6.07) is 5.99. The van der Waals surface area contributed by atoms with Crippen LogP contribution in [-0.4, -0.2) is 21.0 Å². The van der Waals surface area contributed by atoms with Crippen molar-refractivity contribution >= 4 is 12.0 Å². The first kappa shape index (κ1) is 11.1. The van der Waals surface area contributed by atoms with Gasteiger partial charge in [-0.3, -0.25) is 0 Å². The smallest absolute Gasteiger partial charge is 0.328 e. The van der Waals surface area contributed by atoms with Crippen molar-refractivity contribution < 1.29 is 14.3 Å². The minimum absolute atomic E-state index is 0.346. The maximum Gasteiger partial charge on any atom is 0.328 e. The molecule has 1 aromatic heterocycles. The second-order valence-corrected chi connectivity index (χ2v) is 3.37. The average Bonchev–Trinajstić information content (AvgIpc) is 2.75. The van der Waals surface area contributed by atoms with Gasteiger partial charge in [0, 0.05) is 11.6 Å². The van der Waals surface area contributed by atoms with Gasteiger partial charge in [0.15, 0.2) is 0 Å². The number of hydrogen-bond acceptors (Lipinski definition) is 2. The number of nitrogens with zero attached hydrogens (tertiary/aromatic N) is 1. The van der Waals surface area contributed by atoms with Crippen LogP contribution >= 0.6 is 0 Å². The van der Waals surface area contributed by atoms with E-state index in [2.05, 4.69) is 9.97 Å². The van der Waals surface area contributed by atoms with E-state index in [1.54, 1.807) is 12.1 Å². The Hall–Kier alpha value is -2.43. The van der Waals surface area contributed by atoms with E-state index in [0.29, 0.717) is 17.1 Å². The number of hydrogen-bond donors (Lipinski definition) is 2. The SMILES string of the molecule is O=C(O)/C=C/c1cnc(-c2cccc(F)c2)[nH]1. The van der Waals surface area contributed by atoms with Gasteiger partial charge in [-0.15, -0.1) is 0 Å². The van der Waals surface area contributed by atoms with E-state index < -0.39 is 5.97 Å². The molecule has 0 spiro atoms. The van der Waals surface area contributed by atoms with Gasteiger partial charge in [-0.2, -0.15) is 0 Å². The highest BCUT2D eigenvalue weighted by atomic mass is 19.1. The Bertz CT molecular complexity index is 575. The molecule has 0 saturated carbocycles. The predicted octanol–water partition coefficient (Wildman–Crippen LogP) is 2.31. The van der Waals surface area contributed by atoms with Crippen LogP contribution in [0.5, 0.6) is 0 Å². The van der Waals surface area contributed by atoms with Crippen molar-refractivity contribution in [1.82, 2.24) is 9.97 Å². The zero-order valence-corrected chi connectivity index (χ0v) is 8.72. The van der Waals surface area contributed by atoms with Crippen LogP contribution in [0.4, 0.5) is 4.39 Å². The number of nitrogens with one attached hydrogen (secondary N) is 1. The number of carboxylic acid groups (broad SMARTS) is 1. The van der Waals surface area contributed by atoms with Gasteiger partial charge >= 0.3 is 5.97 Å². The lowest BCUT2D eigenvalue weighted by Crippen LogP contribution is -1.86. The molecule has 0 aliphatic rings. The lowest BCUT2D eigenvalue weighted by molar-refractivity contribution is -0.131. The van der Waals surface area contributed by atoms with Crippen LogP contribution in [-0.2, 0) is 4.79 Å². The Morgan fingerprint density at radius 2 is 2.29 bits per heavy atom. The molecular weight excluding hydrogens is 223 g/mol. The van der Waals surface area contributed by atoms with Crippen molar-refractivity contribution in [2.24, 2.45) is 0 Å². The highest BCUT2D eigenvalue weighted by molar-refractivity contribution is 5.84. The maximum atomic E-state index is 13.0. The van der Waals surface area contributed by atoms with E-state index in [-0.39, 0.29) is 5.82 Å². The molecule has 17 heavy (non-hydrogen) atoms. The minimum Gasteiger partial charge on any atom is -0.478 e. The number of aromatic nitrogens is 2. The first-order valence-corrected chi connectivity index (χ1v) is 4.87. The molecule has 0 saturated heterocycles. The molecule has 0 aliphatic carbocycles. The largest absolute Gasteiger partial charge is 0.478 e. The van der Waals surface area contributed by atoms with Gasteiger partial charge in [-0.1, -0.05) is 12.1 Å². The Labute approximate surface area is 96.4 Å². The quantitative estimate of drug-likeness (QED) is 0.798. The van der Waals surface area contributed by atoms with Gasteiger partial charge < -0.3 is 10.1 Å². The molecule has 0 atom stereocenters. The van der Waals surface area contributed by atoms with Crippen molar-refractivity contribution in [3.05, 3.63) is 48.0 Å². The maximum absolute atomic E-state index is 13.0. The number of carbonyl (C=O) groups is 1. The fraction of sp³-hybridized carbons (Fsp3) is 0. The van der Waals surface area contributed by atoms with Crippen LogP contribution in [0.1, 0.15) is 5.69 Å². The van der Waals surface area contributed by atoms with Crippen molar-refractivity contribution in [3.8, 4) is 11.4 Å². The van der Waals surface area contributed by atoms with E-state index >= 15 is 0 Å². The van der Waals surface area contributed by atoms with Gasteiger partial charge in [0.05, 0.1) is 11.9 Å². The van der Waals surface area contributed by atoms with Crippen molar-refractivity contribution in [2.75, 3.05) is 0 Å². The van der Waals surface area contributed by atoms with Crippen LogP contribution < -0.4 is 0 Å². The van der Waals surface area contributed by atoms with Gasteiger partial charge in [0.25, 0.3) is 0 Å². The molecule has 0 unspecified atom stereocenters. The first-order chi connectivity index (χ1) is 8.15. The van der Waals surface area contributed by atoms with Crippen LogP contribution in [0.2, 0.25) is 0 Å². The monoisotopic (exact) mass is 232 g/mol. The topological polar surface area (TPSA) is 66.0 Å². The summed E-state index contributed by atoms with van der Waals surface area (Å²) >= 11 is 0. The Kier molecular flexibility index (Phi) is 3.00. The molecule has 4 nitrogen and oxygen atoms in total. The second-order valence-electron chi connectivity index (χ2n) is 3.37. The Morgan fingerprint density at radius 3 is 3.00 bits per heavy atom. The molecule has 1 heterocycles. The summed E-state index contributed by atoms with van der Waals surface area (Å²) in [6.07, 6.45) is 3.88. The zero-order chi connectivity index (χ0) is 12.3. The summed E-state index contributed by atoms with van der Waals surface area (Å²) in [6.45, 7) is 0. The van der Waals surface area contributed by atoms with Gasteiger partial charge in [-0.05, 0) is 18.2 Å². The van der Waals surface area contributed by atoms with E-state index in [0.717, 1.165) is 6.08 Å². The molecule has 2 aromatic rings. The number of rotatable bonds is 3. The number of aromatic amines is 1. The number of benzene rings is 1. The minimum atomic E-state index is -1.04. The summed E-state index contributed by atoms with van der Waals surface area (Å²) in [5, 5.41) is 8.46. The Morgan fingerprint density at radius 1 is 1.47 bits per heavy atom. The molecule has 0 bridgehead atoms. The van der Waals surface area contributed by atoms with E-state index in [9.17, 15) is 9.18 Å². The average molecular weight is 232 g/mol. The van der Waals surface area contributed by atoms with Gasteiger partial charge in [0.2, 0.25) is 0 Å². The molecule has 0 amide bonds. The lowest BCUT2D eigenvalue weighted by atomic mass is 10.2. The van der Waals surface area contributed by atoms with Crippen LogP contribution in [0.3, 0.4) is 0 Å². The standard InChI is InChI=1S/C12H9FN2O2/c13-9-3-1-2-8(6-9)12-14-7-10(15-12)4-5-11(16)17/h1-7H,(H,14,15)(H,16,17)/b5-4+. The predicted molar refractivity (Wildman–Crippen MR) is 60.7 cm³/mol. The summed E-state index contributed by atoms with van der Waals surface area (Å²) < 4.78 is 13.0. The molecule has 5 heteroatoms. The molecule has 1 aromatic carbocycles. The van der Waals surface area contributed by atoms with Crippen molar-refractivity contribution in [3.63, 3.8) is 0 Å². The summed E-state index contributed by atoms with van der Waals surface area (Å²) in [5.74, 6) is -0.886. The second kappa shape index (κ2) is 4.61. The van der Waals surface area contributed by atoms with Gasteiger partial charge in [0.1, 0.15) is 11.6 Å². The Balaban J connectivity index is 2.27. The normalized spacial score (nSPS) is 10.9. The summed E-state index contributed by atoms with van der Waals surface area (Å²) in [5.41, 5.74) is 1.16. The summed E-state index contributed by atoms with van der Waals surface area (Å²) in [7, 11) is 0. The molecular formula is C12H9FN2O2. The number of aliphatic carboxylic acids is 1. The molecule has 0 aliphatic heterocycles. The number of halogens is 1. The highest BCUT2D eigenvalue weighted by Crippen LogP contribution is 2.16. The van der Waals surface area contributed by atoms with E-state index in [4.69, 9.17) is 5.11 Å².